The minimum Gasteiger partial charge on any atom is -0.206 e. The van der Waals surface area contributed by atoms with Gasteiger partial charge >= 0.3 is 0 Å². The molecule has 0 atom stereocenters. The molecule has 2 aromatic heterocycles. The average Bonchev–Trinajstić information content (AvgIpc) is 2.84. The molecule has 98 valence electrons. The van der Waals surface area contributed by atoms with Gasteiger partial charge in [-0.1, -0.05) is 11.6 Å². The summed E-state index contributed by atoms with van der Waals surface area (Å²) in [5.74, 6) is 0. The van der Waals surface area contributed by atoms with Crippen molar-refractivity contribution in [2.24, 2.45) is 0 Å². The van der Waals surface area contributed by atoms with E-state index in [-0.39, 0.29) is 4.21 Å². The van der Waals surface area contributed by atoms with Gasteiger partial charge in [-0.2, -0.15) is 0 Å². The minimum absolute atomic E-state index is 0.215. The third kappa shape index (κ3) is 3.34. The van der Waals surface area contributed by atoms with Gasteiger partial charge in [-0.3, -0.25) is 0 Å². The van der Waals surface area contributed by atoms with Crippen LogP contribution in [0.2, 0.25) is 5.02 Å². The van der Waals surface area contributed by atoms with Gasteiger partial charge < -0.3 is 0 Å². The Morgan fingerprint density at radius 1 is 1.39 bits per heavy atom. The zero-order valence-corrected chi connectivity index (χ0v) is 14.0. The Morgan fingerprint density at radius 2 is 2.11 bits per heavy atom. The van der Waals surface area contributed by atoms with Gasteiger partial charge in [-0.05, 0) is 41.1 Å². The molecule has 0 amide bonds. The van der Waals surface area contributed by atoms with Crippen LogP contribution in [0.4, 0.5) is 0 Å². The highest BCUT2D eigenvalue weighted by Gasteiger charge is 2.18. The van der Waals surface area contributed by atoms with Crippen LogP contribution in [0.3, 0.4) is 0 Å². The molecule has 0 fully saturated rings. The number of hydrogen-bond donors (Lipinski definition) is 1. The summed E-state index contributed by atoms with van der Waals surface area (Å²) >= 11 is 11.7. The lowest BCUT2D eigenvalue weighted by molar-refractivity contribution is 0.584. The first-order valence-electron chi connectivity index (χ1n) is 4.88. The summed E-state index contributed by atoms with van der Waals surface area (Å²) in [7, 11) is -3.49. The number of rotatable bonds is 4. The molecule has 3 nitrogen and oxygen atoms in total. The summed E-state index contributed by atoms with van der Waals surface area (Å²) in [6.07, 6.45) is 0. The Morgan fingerprint density at radius 3 is 2.61 bits per heavy atom. The maximum atomic E-state index is 12.0. The molecule has 8 heteroatoms. The highest BCUT2D eigenvalue weighted by atomic mass is 79.9. The van der Waals surface area contributed by atoms with Crippen LogP contribution in [0.1, 0.15) is 9.75 Å². The lowest BCUT2D eigenvalue weighted by Gasteiger charge is -2.02. The zero-order valence-electron chi connectivity index (χ0n) is 9.24. The van der Waals surface area contributed by atoms with E-state index in [0.29, 0.717) is 15.4 Å². The molecule has 0 aromatic carbocycles. The van der Waals surface area contributed by atoms with Crippen molar-refractivity contribution < 1.29 is 8.42 Å². The normalized spacial score (nSPS) is 11.9. The lowest BCUT2D eigenvalue weighted by atomic mass is 10.4. The van der Waals surface area contributed by atoms with Crippen molar-refractivity contribution in [3.8, 4) is 0 Å². The predicted octanol–water partition coefficient (Wildman–Crippen LogP) is 4.01. The highest BCUT2D eigenvalue weighted by molar-refractivity contribution is 9.11. The first kappa shape index (κ1) is 14.5. The zero-order chi connectivity index (χ0) is 13.3. The molecule has 0 unspecified atom stereocenters. The van der Waals surface area contributed by atoms with E-state index in [1.165, 1.54) is 6.07 Å². The van der Waals surface area contributed by atoms with Crippen LogP contribution < -0.4 is 4.72 Å². The van der Waals surface area contributed by atoms with Crippen LogP contribution >= 0.6 is 50.2 Å². The molecular formula is C10H9BrClNO2S3. The molecule has 0 spiro atoms. The van der Waals surface area contributed by atoms with E-state index in [2.05, 4.69) is 20.7 Å². The minimum atomic E-state index is -3.49. The largest absolute Gasteiger partial charge is 0.250 e. The SMILES string of the molecule is Cc1ccc(CNS(=O)(=O)c2cc(Cl)c(Br)s2)s1. The summed E-state index contributed by atoms with van der Waals surface area (Å²) in [4.78, 5) is 2.14. The van der Waals surface area contributed by atoms with Gasteiger partial charge in [0.05, 0.1) is 8.81 Å². The summed E-state index contributed by atoms with van der Waals surface area (Å²) in [6.45, 7) is 2.28. The number of nitrogens with one attached hydrogen (secondary N) is 1. The Hall–Kier alpha value is 0.0800. The van der Waals surface area contributed by atoms with Gasteiger partial charge in [0.25, 0.3) is 0 Å². The molecule has 18 heavy (non-hydrogen) atoms. The fraction of sp³-hybridized carbons (Fsp3) is 0.200. The second-order valence-electron chi connectivity index (χ2n) is 3.52. The molecule has 0 aliphatic carbocycles. The third-order valence-corrected chi connectivity index (χ3v) is 7.47. The maximum Gasteiger partial charge on any atom is 0.250 e. The van der Waals surface area contributed by atoms with Crippen molar-refractivity contribution >= 4 is 60.2 Å². The van der Waals surface area contributed by atoms with Crippen LogP contribution in [0.5, 0.6) is 0 Å². The van der Waals surface area contributed by atoms with Crippen molar-refractivity contribution in [2.75, 3.05) is 0 Å². The number of hydrogen-bond acceptors (Lipinski definition) is 4. The molecule has 0 saturated carbocycles. The molecule has 0 saturated heterocycles. The van der Waals surface area contributed by atoms with Gasteiger partial charge in [0.2, 0.25) is 10.0 Å². The Kier molecular flexibility index (Phi) is 4.51. The second kappa shape index (κ2) is 5.60. The van der Waals surface area contributed by atoms with Gasteiger partial charge in [0.1, 0.15) is 4.21 Å². The highest BCUT2D eigenvalue weighted by Crippen LogP contribution is 2.34. The van der Waals surface area contributed by atoms with E-state index in [0.717, 1.165) is 21.1 Å². The van der Waals surface area contributed by atoms with E-state index >= 15 is 0 Å². The standard InChI is InChI=1S/C10H9BrClNO2S3/c1-6-2-3-7(16-6)5-13-18(14,15)9-4-8(12)10(11)17-9/h2-4,13H,5H2,1H3. The van der Waals surface area contributed by atoms with Crippen molar-refractivity contribution in [3.63, 3.8) is 0 Å². The van der Waals surface area contributed by atoms with Crippen molar-refractivity contribution in [3.05, 3.63) is 36.8 Å². The summed E-state index contributed by atoms with van der Waals surface area (Å²) in [5.41, 5.74) is 0. The van der Waals surface area contributed by atoms with Gasteiger partial charge in [-0.15, -0.1) is 22.7 Å². The molecule has 2 aromatic rings. The quantitative estimate of drug-likeness (QED) is 0.863. The van der Waals surface area contributed by atoms with Crippen LogP contribution in [0.15, 0.2) is 26.2 Å². The molecule has 0 aliphatic rings. The fourth-order valence-corrected chi connectivity index (χ4v) is 5.65. The van der Waals surface area contributed by atoms with Crippen molar-refractivity contribution in [2.45, 2.75) is 17.7 Å². The van der Waals surface area contributed by atoms with Crippen LogP contribution in [0, 0.1) is 6.92 Å². The molecule has 0 aliphatic heterocycles. The summed E-state index contributed by atoms with van der Waals surface area (Å²) in [5, 5.41) is 0.410. The fourth-order valence-electron chi connectivity index (χ4n) is 1.28. The van der Waals surface area contributed by atoms with Crippen molar-refractivity contribution in [1.29, 1.82) is 0 Å². The van der Waals surface area contributed by atoms with Crippen LogP contribution in [0.25, 0.3) is 0 Å². The molecular weight excluding hydrogens is 378 g/mol. The predicted molar refractivity (Wildman–Crippen MR) is 80.1 cm³/mol. The first-order chi connectivity index (χ1) is 8.38. The van der Waals surface area contributed by atoms with E-state index < -0.39 is 10.0 Å². The molecule has 1 N–H and O–H groups in total. The van der Waals surface area contributed by atoms with Crippen LogP contribution in [-0.4, -0.2) is 8.42 Å². The molecule has 0 bridgehead atoms. The number of sulfonamides is 1. The first-order valence-corrected chi connectivity index (χ1v) is 9.17. The van der Waals surface area contributed by atoms with E-state index in [4.69, 9.17) is 11.6 Å². The van der Waals surface area contributed by atoms with E-state index in [1.807, 2.05) is 19.1 Å². The van der Waals surface area contributed by atoms with Crippen LogP contribution in [-0.2, 0) is 16.6 Å². The maximum absolute atomic E-state index is 12.0. The number of thiophene rings is 2. The molecule has 2 rings (SSSR count). The smallest absolute Gasteiger partial charge is 0.206 e. The number of halogens is 2. The van der Waals surface area contributed by atoms with Gasteiger partial charge in [0.15, 0.2) is 0 Å². The Balaban J connectivity index is 2.12. The number of aryl methyl sites for hydroxylation is 1. The average molecular weight is 387 g/mol. The van der Waals surface area contributed by atoms with Gasteiger partial charge in [0, 0.05) is 16.3 Å². The van der Waals surface area contributed by atoms with Crippen molar-refractivity contribution in [1.82, 2.24) is 4.72 Å². The topological polar surface area (TPSA) is 46.2 Å². The van der Waals surface area contributed by atoms with E-state index in [9.17, 15) is 8.42 Å². The molecule has 2 heterocycles. The second-order valence-corrected chi connectivity index (χ2v) is 9.67. The Bertz CT molecular complexity index is 643. The third-order valence-electron chi connectivity index (χ3n) is 2.12. The Labute approximate surface area is 127 Å². The van der Waals surface area contributed by atoms with Gasteiger partial charge in [-0.25, -0.2) is 13.1 Å². The monoisotopic (exact) mass is 385 g/mol. The summed E-state index contributed by atoms with van der Waals surface area (Å²) in [6, 6.07) is 5.32. The van der Waals surface area contributed by atoms with E-state index in [1.54, 1.807) is 11.3 Å². The summed E-state index contributed by atoms with van der Waals surface area (Å²) < 4.78 is 27.4. The lowest BCUT2D eigenvalue weighted by Crippen LogP contribution is -2.21. The molecule has 0 radical (unpaired) electrons.